The molecule has 0 radical (unpaired) electrons. The van der Waals surface area contributed by atoms with Gasteiger partial charge in [0.25, 0.3) is 0 Å². The Balaban J connectivity index is 1.38. The molecule has 25 heavy (non-hydrogen) atoms. The third-order valence-corrected chi connectivity index (χ3v) is 5.31. The van der Waals surface area contributed by atoms with Crippen molar-refractivity contribution in [2.45, 2.75) is 26.3 Å². The summed E-state index contributed by atoms with van der Waals surface area (Å²) in [5.74, 6) is 0.872. The van der Waals surface area contributed by atoms with E-state index in [2.05, 4.69) is 30.5 Å². The van der Waals surface area contributed by atoms with E-state index in [1.165, 1.54) is 17.7 Å². The van der Waals surface area contributed by atoms with Gasteiger partial charge in [-0.2, -0.15) is 10.2 Å². The number of piperidine rings is 1. The van der Waals surface area contributed by atoms with Crippen LogP contribution in [-0.4, -0.2) is 43.8 Å². The van der Waals surface area contributed by atoms with Crippen molar-refractivity contribution in [2.24, 2.45) is 5.92 Å². The third-order valence-electron chi connectivity index (χ3n) is 4.43. The van der Waals surface area contributed by atoms with Gasteiger partial charge in [-0.05, 0) is 31.9 Å². The van der Waals surface area contributed by atoms with Gasteiger partial charge in [-0.25, -0.2) is 9.50 Å². The third kappa shape index (κ3) is 3.32. The molecule has 0 saturated carbocycles. The Bertz CT molecular complexity index is 872. The first kappa shape index (κ1) is 15.9. The zero-order chi connectivity index (χ0) is 17.2. The summed E-state index contributed by atoms with van der Waals surface area (Å²) in [5.41, 5.74) is 1.84. The van der Waals surface area contributed by atoms with Gasteiger partial charge in [-0.1, -0.05) is 0 Å². The first-order valence-electron chi connectivity index (χ1n) is 8.30. The molecular formula is C16H19N7OS. The monoisotopic (exact) mass is 357 g/mol. The Kier molecular flexibility index (Phi) is 4.31. The number of carbonyl (C=O) groups excluding carboxylic acids is 1. The molecule has 1 saturated heterocycles. The van der Waals surface area contributed by atoms with E-state index in [0.29, 0.717) is 13.1 Å². The fraction of sp³-hybridized carbons (Fsp3) is 0.438. The molecular weight excluding hydrogens is 338 g/mol. The summed E-state index contributed by atoms with van der Waals surface area (Å²) in [5, 5.41) is 17.5. The molecule has 8 nitrogen and oxygen atoms in total. The maximum atomic E-state index is 12.6. The summed E-state index contributed by atoms with van der Waals surface area (Å²) in [6.45, 7) is 3.96. The molecule has 1 unspecified atom stereocenters. The van der Waals surface area contributed by atoms with E-state index >= 15 is 0 Å². The van der Waals surface area contributed by atoms with E-state index in [4.69, 9.17) is 0 Å². The molecule has 1 atom stereocenters. The van der Waals surface area contributed by atoms with Crippen molar-refractivity contribution in [1.29, 1.82) is 0 Å². The minimum absolute atomic E-state index is 0.0401. The zero-order valence-corrected chi connectivity index (χ0v) is 14.7. The summed E-state index contributed by atoms with van der Waals surface area (Å²) < 4.78 is 1.76. The Morgan fingerprint density at radius 3 is 3.16 bits per heavy atom. The van der Waals surface area contributed by atoms with Gasteiger partial charge in [0.15, 0.2) is 5.82 Å². The number of hydrogen-bond donors (Lipinski definition) is 1. The second-order valence-electron chi connectivity index (χ2n) is 6.22. The Morgan fingerprint density at radius 1 is 1.40 bits per heavy atom. The van der Waals surface area contributed by atoms with Gasteiger partial charge < -0.3 is 10.2 Å². The molecule has 1 aliphatic rings. The molecule has 3 aromatic heterocycles. The zero-order valence-electron chi connectivity index (χ0n) is 13.9. The largest absolute Gasteiger partial charge is 0.354 e. The summed E-state index contributed by atoms with van der Waals surface area (Å²) in [4.78, 5) is 19.7. The standard InChI is InChI=1S/C16H19N7OS/c1-11-4-5-14(21-20-11)22-6-2-3-12(8-22)15(24)17-7-13-9-25-16-18-10-19-23(13)16/h4-5,9-10,12H,2-3,6-8H2,1H3,(H,17,24). The number of nitrogens with zero attached hydrogens (tertiary/aromatic N) is 6. The molecule has 130 valence electrons. The topological polar surface area (TPSA) is 88.3 Å². The van der Waals surface area contributed by atoms with Gasteiger partial charge in [0.1, 0.15) is 6.33 Å². The Morgan fingerprint density at radius 2 is 2.32 bits per heavy atom. The van der Waals surface area contributed by atoms with Crippen LogP contribution in [0.3, 0.4) is 0 Å². The minimum Gasteiger partial charge on any atom is -0.354 e. The fourth-order valence-corrected chi connectivity index (χ4v) is 3.87. The second kappa shape index (κ2) is 6.75. The van der Waals surface area contributed by atoms with E-state index in [0.717, 1.165) is 41.6 Å². The lowest BCUT2D eigenvalue weighted by Gasteiger charge is -2.32. The van der Waals surface area contributed by atoms with Crippen LogP contribution in [-0.2, 0) is 11.3 Å². The van der Waals surface area contributed by atoms with Crippen LogP contribution in [0.1, 0.15) is 24.2 Å². The number of aryl methyl sites for hydroxylation is 1. The van der Waals surface area contributed by atoms with Crippen LogP contribution in [0.5, 0.6) is 0 Å². The van der Waals surface area contributed by atoms with Crippen molar-refractivity contribution < 1.29 is 4.79 Å². The number of anilines is 1. The van der Waals surface area contributed by atoms with Crippen LogP contribution >= 0.6 is 11.3 Å². The number of fused-ring (bicyclic) bond motifs is 1. The quantitative estimate of drug-likeness (QED) is 0.760. The number of carbonyl (C=O) groups is 1. The van der Waals surface area contributed by atoms with E-state index in [-0.39, 0.29) is 11.8 Å². The van der Waals surface area contributed by atoms with Crippen molar-refractivity contribution in [3.63, 3.8) is 0 Å². The van der Waals surface area contributed by atoms with Crippen LogP contribution in [0.4, 0.5) is 5.82 Å². The van der Waals surface area contributed by atoms with Crippen LogP contribution in [0, 0.1) is 12.8 Å². The van der Waals surface area contributed by atoms with Gasteiger partial charge >= 0.3 is 0 Å². The van der Waals surface area contributed by atoms with Gasteiger partial charge in [-0.3, -0.25) is 4.79 Å². The molecule has 1 N–H and O–H groups in total. The van der Waals surface area contributed by atoms with Crippen LogP contribution in [0.2, 0.25) is 0 Å². The molecule has 0 bridgehead atoms. The number of rotatable bonds is 4. The maximum Gasteiger partial charge on any atom is 0.225 e. The lowest BCUT2D eigenvalue weighted by molar-refractivity contribution is -0.125. The maximum absolute atomic E-state index is 12.6. The van der Waals surface area contributed by atoms with Crippen LogP contribution < -0.4 is 10.2 Å². The summed E-state index contributed by atoms with van der Waals surface area (Å²) >= 11 is 1.52. The fourth-order valence-electron chi connectivity index (χ4n) is 3.08. The molecule has 1 amide bonds. The van der Waals surface area contributed by atoms with Crippen molar-refractivity contribution in [1.82, 2.24) is 30.1 Å². The highest BCUT2D eigenvalue weighted by Gasteiger charge is 2.26. The first-order valence-corrected chi connectivity index (χ1v) is 9.18. The Labute approximate surface area is 148 Å². The average Bonchev–Trinajstić information content (AvgIpc) is 3.24. The van der Waals surface area contributed by atoms with Crippen molar-refractivity contribution in [3.05, 3.63) is 35.2 Å². The van der Waals surface area contributed by atoms with Gasteiger partial charge in [-0.15, -0.1) is 16.4 Å². The molecule has 0 aliphatic carbocycles. The predicted octanol–water partition coefficient (Wildman–Crippen LogP) is 1.42. The smallest absolute Gasteiger partial charge is 0.225 e. The highest BCUT2D eigenvalue weighted by Crippen LogP contribution is 2.21. The molecule has 0 aromatic carbocycles. The minimum atomic E-state index is -0.0401. The van der Waals surface area contributed by atoms with Crippen molar-refractivity contribution in [2.75, 3.05) is 18.0 Å². The molecule has 1 aliphatic heterocycles. The summed E-state index contributed by atoms with van der Waals surface area (Å²) in [7, 11) is 0. The lowest BCUT2D eigenvalue weighted by Crippen LogP contribution is -2.43. The number of aromatic nitrogens is 5. The normalized spacial score (nSPS) is 17.8. The van der Waals surface area contributed by atoms with E-state index in [9.17, 15) is 4.79 Å². The van der Waals surface area contributed by atoms with Gasteiger partial charge in [0.05, 0.1) is 23.9 Å². The molecule has 4 heterocycles. The van der Waals surface area contributed by atoms with E-state index < -0.39 is 0 Å². The average molecular weight is 357 g/mol. The molecule has 4 rings (SSSR count). The molecule has 9 heteroatoms. The number of nitrogens with one attached hydrogen (secondary N) is 1. The lowest BCUT2D eigenvalue weighted by atomic mass is 9.97. The second-order valence-corrected chi connectivity index (χ2v) is 7.05. The van der Waals surface area contributed by atoms with Gasteiger partial charge in [0, 0.05) is 18.5 Å². The molecule has 1 fully saturated rings. The van der Waals surface area contributed by atoms with E-state index in [1.54, 1.807) is 4.52 Å². The van der Waals surface area contributed by atoms with Crippen LogP contribution in [0.25, 0.3) is 4.96 Å². The summed E-state index contributed by atoms with van der Waals surface area (Å²) in [6, 6.07) is 3.92. The number of thiazole rings is 1. The molecule has 0 spiro atoms. The van der Waals surface area contributed by atoms with Crippen molar-refractivity contribution >= 4 is 28.0 Å². The molecule has 3 aromatic rings. The summed E-state index contributed by atoms with van der Waals surface area (Å²) in [6.07, 6.45) is 3.39. The highest BCUT2D eigenvalue weighted by molar-refractivity contribution is 7.15. The number of amides is 1. The van der Waals surface area contributed by atoms with Gasteiger partial charge in [0.2, 0.25) is 10.9 Å². The van der Waals surface area contributed by atoms with Crippen LogP contribution in [0.15, 0.2) is 23.8 Å². The van der Waals surface area contributed by atoms with E-state index in [1.807, 2.05) is 24.4 Å². The highest BCUT2D eigenvalue weighted by atomic mass is 32.1. The Hall–Kier alpha value is -2.55. The number of hydrogen-bond acceptors (Lipinski definition) is 7. The first-order chi connectivity index (χ1) is 12.2. The predicted molar refractivity (Wildman–Crippen MR) is 94.4 cm³/mol. The van der Waals surface area contributed by atoms with Crippen molar-refractivity contribution in [3.8, 4) is 0 Å². The SMILES string of the molecule is Cc1ccc(N2CCCC(C(=O)NCc3csc4ncnn34)C2)nn1.